The van der Waals surface area contributed by atoms with Gasteiger partial charge in [0.25, 0.3) is 0 Å². The van der Waals surface area contributed by atoms with E-state index in [-0.39, 0.29) is 0 Å². The molecule has 0 saturated heterocycles. The van der Waals surface area contributed by atoms with Gasteiger partial charge in [0.05, 0.1) is 0 Å². The van der Waals surface area contributed by atoms with Gasteiger partial charge in [-0.2, -0.15) is 0 Å². The van der Waals surface area contributed by atoms with Crippen molar-refractivity contribution in [3.63, 3.8) is 0 Å². The average molecular weight is 153 g/mol. The normalized spacial score (nSPS) is 21.9. The predicted octanol–water partition coefficient (Wildman–Crippen LogP) is 2.48. The second-order valence-electron chi connectivity index (χ2n) is 3.77. The van der Waals surface area contributed by atoms with E-state index in [0.717, 1.165) is 13.0 Å². The van der Waals surface area contributed by atoms with Gasteiger partial charge in [-0.15, -0.1) is 6.58 Å². The van der Waals surface area contributed by atoms with Crippen LogP contribution >= 0.6 is 0 Å². The summed E-state index contributed by atoms with van der Waals surface area (Å²) in [5.41, 5.74) is 0.447. The van der Waals surface area contributed by atoms with Crippen molar-refractivity contribution in [2.45, 2.75) is 44.6 Å². The summed E-state index contributed by atoms with van der Waals surface area (Å²) in [4.78, 5) is 0. The minimum atomic E-state index is 0.447. The Kier molecular flexibility index (Phi) is 3.13. The topological polar surface area (TPSA) is 12.0 Å². The van der Waals surface area contributed by atoms with Crippen LogP contribution in [0.25, 0.3) is 0 Å². The molecule has 1 aliphatic rings. The Balaban J connectivity index is 2.17. The van der Waals surface area contributed by atoms with Gasteiger partial charge in [-0.3, -0.25) is 0 Å². The Morgan fingerprint density at radius 1 is 1.45 bits per heavy atom. The highest BCUT2D eigenvalue weighted by atomic mass is 15.0. The van der Waals surface area contributed by atoms with Gasteiger partial charge < -0.3 is 5.32 Å². The highest BCUT2D eigenvalue weighted by Gasteiger charge is 2.26. The Morgan fingerprint density at radius 2 is 2.09 bits per heavy atom. The molecule has 0 unspecified atom stereocenters. The van der Waals surface area contributed by atoms with Gasteiger partial charge in [0, 0.05) is 5.54 Å². The van der Waals surface area contributed by atoms with Gasteiger partial charge in [-0.05, 0) is 32.7 Å². The van der Waals surface area contributed by atoms with Crippen molar-refractivity contribution in [2.24, 2.45) is 0 Å². The Bertz CT molecular complexity index is 123. The van der Waals surface area contributed by atoms with E-state index in [1.54, 1.807) is 0 Å². The van der Waals surface area contributed by atoms with Gasteiger partial charge in [0.15, 0.2) is 0 Å². The van der Waals surface area contributed by atoms with Crippen molar-refractivity contribution in [1.82, 2.24) is 5.32 Å². The summed E-state index contributed by atoms with van der Waals surface area (Å²) in [5.74, 6) is 0. The molecule has 0 aromatic carbocycles. The highest BCUT2D eigenvalue weighted by Crippen LogP contribution is 2.28. The molecule has 11 heavy (non-hydrogen) atoms. The fraction of sp³-hybridized carbons (Fsp3) is 0.800. The number of hydrogen-bond acceptors (Lipinski definition) is 1. The molecular formula is C10H19N. The van der Waals surface area contributed by atoms with Crippen LogP contribution in [0.2, 0.25) is 0 Å². The summed E-state index contributed by atoms with van der Waals surface area (Å²) in [7, 11) is 0. The molecule has 1 saturated carbocycles. The number of nitrogens with one attached hydrogen (secondary N) is 1. The van der Waals surface area contributed by atoms with Crippen LogP contribution in [0.15, 0.2) is 12.7 Å². The molecule has 1 aliphatic carbocycles. The fourth-order valence-corrected chi connectivity index (χ4v) is 1.81. The van der Waals surface area contributed by atoms with Gasteiger partial charge >= 0.3 is 0 Å². The van der Waals surface area contributed by atoms with E-state index < -0.39 is 0 Å². The Morgan fingerprint density at radius 3 is 2.64 bits per heavy atom. The fourth-order valence-electron chi connectivity index (χ4n) is 1.81. The van der Waals surface area contributed by atoms with Crippen LogP contribution in [0, 0.1) is 0 Å². The van der Waals surface area contributed by atoms with E-state index in [9.17, 15) is 0 Å². The molecule has 0 heterocycles. The quantitative estimate of drug-likeness (QED) is 0.483. The van der Waals surface area contributed by atoms with Crippen LogP contribution in [0.5, 0.6) is 0 Å². The van der Waals surface area contributed by atoms with Crippen molar-refractivity contribution < 1.29 is 0 Å². The smallest absolute Gasteiger partial charge is 0.0153 e. The molecule has 0 aliphatic heterocycles. The lowest BCUT2D eigenvalue weighted by molar-refractivity contribution is 0.369. The lowest BCUT2D eigenvalue weighted by Crippen LogP contribution is -2.39. The molecular weight excluding hydrogens is 134 g/mol. The zero-order valence-corrected chi connectivity index (χ0v) is 7.53. The molecule has 0 radical (unpaired) electrons. The van der Waals surface area contributed by atoms with Crippen molar-refractivity contribution in [3.05, 3.63) is 12.7 Å². The molecule has 0 amide bonds. The molecule has 0 aromatic rings. The summed E-state index contributed by atoms with van der Waals surface area (Å²) in [5, 5.41) is 3.59. The van der Waals surface area contributed by atoms with E-state index in [1.165, 1.54) is 25.7 Å². The molecule has 64 valence electrons. The second-order valence-corrected chi connectivity index (χ2v) is 3.77. The van der Waals surface area contributed by atoms with Crippen LogP contribution in [-0.2, 0) is 0 Å². The van der Waals surface area contributed by atoms with Crippen LogP contribution in [-0.4, -0.2) is 12.1 Å². The van der Waals surface area contributed by atoms with E-state index in [0.29, 0.717) is 5.54 Å². The summed E-state index contributed by atoms with van der Waals surface area (Å²) < 4.78 is 0. The first kappa shape index (κ1) is 8.79. The van der Waals surface area contributed by atoms with Gasteiger partial charge in [0.1, 0.15) is 0 Å². The van der Waals surface area contributed by atoms with Crippen molar-refractivity contribution in [2.75, 3.05) is 6.54 Å². The Labute approximate surface area is 69.9 Å². The van der Waals surface area contributed by atoms with Crippen molar-refractivity contribution in [1.29, 1.82) is 0 Å². The first-order chi connectivity index (χ1) is 5.27. The molecule has 0 aromatic heterocycles. The third kappa shape index (κ3) is 2.66. The molecule has 1 N–H and O–H groups in total. The van der Waals surface area contributed by atoms with Crippen LogP contribution in [0.4, 0.5) is 0 Å². The summed E-state index contributed by atoms with van der Waals surface area (Å²) >= 11 is 0. The molecule has 0 spiro atoms. The summed E-state index contributed by atoms with van der Waals surface area (Å²) in [6.45, 7) is 7.14. The maximum Gasteiger partial charge on any atom is 0.0153 e. The number of rotatable bonds is 4. The van der Waals surface area contributed by atoms with Gasteiger partial charge in [-0.1, -0.05) is 18.9 Å². The third-order valence-corrected chi connectivity index (χ3v) is 2.61. The van der Waals surface area contributed by atoms with Crippen LogP contribution in [0.1, 0.15) is 39.0 Å². The second kappa shape index (κ2) is 3.91. The highest BCUT2D eigenvalue weighted by molar-refractivity contribution is 4.88. The molecule has 0 atom stereocenters. The molecule has 1 heteroatoms. The molecule has 1 rings (SSSR count). The summed E-state index contributed by atoms with van der Waals surface area (Å²) in [6, 6.07) is 0. The molecule has 1 nitrogen and oxygen atoms in total. The first-order valence-corrected chi connectivity index (χ1v) is 4.63. The van der Waals surface area contributed by atoms with Crippen molar-refractivity contribution in [3.8, 4) is 0 Å². The monoisotopic (exact) mass is 153 g/mol. The lowest BCUT2D eigenvalue weighted by Gasteiger charge is -2.24. The summed E-state index contributed by atoms with van der Waals surface area (Å²) in [6.07, 6.45) is 8.57. The maximum atomic E-state index is 3.71. The molecule has 0 bridgehead atoms. The van der Waals surface area contributed by atoms with E-state index >= 15 is 0 Å². The minimum Gasteiger partial charge on any atom is -0.311 e. The van der Waals surface area contributed by atoms with E-state index in [2.05, 4.69) is 18.8 Å². The zero-order chi connectivity index (χ0) is 8.16. The first-order valence-electron chi connectivity index (χ1n) is 4.63. The van der Waals surface area contributed by atoms with Crippen LogP contribution < -0.4 is 5.32 Å². The number of hydrogen-bond donors (Lipinski definition) is 1. The lowest BCUT2D eigenvalue weighted by atomic mass is 10.0. The van der Waals surface area contributed by atoms with Crippen LogP contribution in [0.3, 0.4) is 0 Å². The predicted molar refractivity (Wildman–Crippen MR) is 49.7 cm³/mol. The maximum absolute atomic E-state index is 3.71. The average Bonchev–Trinajstić information content (AvgIpc) is 2.38. The van der Waals surface area contributed by atoms with E-state index in [4.69, 9.17) is 0 Å². The zero-order valence-electron chi connectivity index (χ0n) is 7.53. The standard InChI is InChI=1S/C10H19N/c1-3-4-9-11-10(2)7-5-6-8-10/h3,11H,1,4-9H2,2H3. The molecule has 1 fully saturated rings. The van der Waals surface area contributed by atoms with E-state index in [1.807, 2.05) is 6.08 Å². The Hall–Kier alpha value is -0.300. The van der Waals surface area contributed by atoms with Crippen molar-refractivity contribution >= 4 is 0 Å². The SMILES string of the molecule is C=CCCNC1(C)CCCC1. The third-order valence-electron chi connectivity index (χ3n) is 2.61. The van der Waals surface area contributed by atoms with Gasteiger partial charge in [0.2, 0.25) is 0 Å². The largest absolute Gasteiger partial charge is 0.311 e. The van der Waals surface area contributed by atoms with Gasteiger partial charge in [-0.25, -0.2) is 0 Å². The minimum absolute atomic E-state index is 0.447.